The van der Waals surface area contributed by atoms with E-state index in [4.69, 9.17) is 14.2 Å². The number of nitrogens with one attached hydrogen (secondary N) is 3. The second-order valence-corrected chi connectivity index (χ2v) is 14.3. The fraction of sp³-hybridized carbons (Fsp3) is 0.889. The third-order valence-electron chi connectivity index (χ3n) is 7.57. The first kappa shape index (κ1) is 44.0. The SMILES string of the molecule is CC(C)CCCCC(=O)CCOCC(COCCC(=O)NCCCC(C)C)(COCCC(=O)NCCCC(C)C)NC(=O)C(C)C. The summed E-state index contributed by atoms with van der Waals surface area (Å²) in [7, 11) is 0. The number of rotatable bonds is 30. The molecule has 10 heteroatoms. The predicted molar refractivity (Wildman–Crippen MR) is 184 cm³/mol. The zero-order valence-electron chi connectivity index (χ0n) is 30.6. The van der Waals surface area contributed by atoms with Crippen molar-refractivity contribution in [2.24, 2.45) is 23.7 Å². The monoisotopic (exact) mass is 656 g/mol. The Kier molecular flexibility index (Phi) is 25.8. The fourth-order valence-electron chi connectivity index (χ4n) is 4.61. The minimum atomic E-state index is -1.05. The molecule has 0 fully saturated rings. The van der Waals surface area contributed by atoms with Gasteiger partial charge in [0, 0.05) is 44.7 Å². The molecule has 0 unspecified atom stereocenters. The summed E-state index contributed by atoms with van der Waals surface area (Å²) in [4.78, 5) is 49.9. The third-order valence-corrected chi connectivity index (χ3v) is 7.57. The van der Waals surface area contributed by atoms with E-state index in [0.717, 1.165) is 44.9 Å². The highest BCUT2D eigenvalue weighted by Gasteiger charge is 2.34. The van der Waals surface area contributed by atoms with Crippen molar-refractivity contribution in [1.82, 2.24) is 16.0 Å². The quantitative estimate of drug-likeness (QED) is 0.0858. The van der Waals surface area contributed by atoms with Crippen molar-refractivity contribution in [2.45, 2.75) is 132 Å². The van der Waals surface area contributed by atoms with Crippen LogP contribution in [0.3, 0.4) is 0 Å². The molecule has 10 nitrogen and oxygen atoms in total. The molecular formula is C36H69N3O7. The van der Waals surface area contributed by atoms with Gasteiger partial charge in [0.15, 0.2) is 0 Å². The highest BCUT2D eigenvalue weighted by atomic mass is 16.5. The summed E-state index contributed by atoms with van der Waals surface area (Å²) in [6.07, 6.45) is 8.22. The number of ketones is 1. The van der Waals surface area contributed by atoms with E-state index >= 15 is 0 Å². The van der Waals surface area contributed by atoms with Crippen LogP contribution in [0.1, 0.15) is 126 Å². The minimum absolute atomic E-state index is 0.0522. The zero-order chi connectivity index (χ0) is 34.8. The van der Waals surface area contributed by atoms with Crippen LogP contribution in [0.15, 0.2) is 0 Å². The molecule has 0 aromatic rings. The van der Waals surface area contributed by atoms with Crippen LogP contribution in [0.2, 0.25) is 0 Å². The Morgan fingerprint density at radius 1 is 0.543 bits per heavy atom. The van der Waals surface area contributed by atoms with Gasteiger partial charge in [-0.1, -0.05) is 68.2 Å². The van der Waals surface area contributed by atoms with Gasteiger partial charge in [-0.05, 0) is 49.9 Å². The fourth-order valence-corrected chi connectivity index (χ4v) is 4.61. The van der Waals surface area contributed by atoms with Gasteiger partial charge in [0.05, 0.1) is 39.6 Å². The topological polar surface area (TPSA) is 132 Å². The first-order chi connectivity index (χ1) is 21.8. The van der Waals surface area contributed by atoms with Gasteiger partial charge in [-0.25, -0.2) is 0 Å². The van der Waals surface area contributed by atoms with Crippen molar-refractivity contribution in [3.63, 3.8) is 0 Å². The summed E-state index contributed by atoms with van der Waals surface area (Å²) in [6.45, 7) is 18.6. The van der Waals surface area contributed by atoms with Crippen molar-refractivity contribution in [3.05, 3.63) is 0 Å². The molecule has 0 rings (SSSR count). The highest BCUT2D eigenvalue weighted by molar-refractivity contribution is 5.79. The van der Waals surface area contributed by atoms with E-state index in [1.165, 1.54) is 0 Å². The van der Waals surface area contributed by atoms with E-state index in [2.05, 4.69) is 57.5 Å². The van der Waals surface area contributed by atoms with Gasteiger partial charge in [-0.3, -0.25) is 19.2 Å². The number of carbonyl (C=O) groups excluding carboxylic acids is 4. The molecule has 270 valence electrons. The second-order valence-electron chi connectivity index (χ2n) is 14.3. The molecule has 0 heterocycles. The second kappa shape index (κ2) is 27.0. The Bertz CT molecular complexity index is 742. The average molecular weight is 656 g/mol. The van der Waals surface area contributed by atoms with E-state index in [1.807, 2.05) is 0 Å². The lowest BCUT2D eigenvalue weighted by Crippen LogP contribution is -2.59. The Morgan fingerprint density at radius 2 is 0.957 bits per heavy atom. The average Bonchev–Trinajstić information content (AvgIpc) is 2.98. The van der Waals surface area contributed by atoms with Crippen LogP contribution < -0.4 is 16.0 Å². The Balaban J connectivity index is 5.18. The largest absolute Gasteiger partial charge is 0.378 e. The van der Waals surface area contributed by atoms with Crippen LogP contribution in [0, 0.1) is 23.7 Å². The summed E-state index contributed by atoms with van der Waals surface area (Å²) >= 11 is 0. The molecule has 3 amide bonds. The Hall–Kier alpha value is -2.04. The van der Waals surface area contributed by atoms with Crippen LogP contribution in [0.5, 0.6) is 0 Å². The van der Waals surface area contributed by atoms with Crippen LogP contribution >= 0.6 is 0 Å². The van der Waals surface area contributed by atoms with Crippen molar-refractivity contribution in [3.8, 4) is 0 Å². The number of hydrogen-bond acceptors (Lipinski definition) is 7. The van der Waals surface area contributed by atoms with E-state index in [0.29, 0.717) is 43.7 Å². The molecule has 0 aliphatic rings. The summed E-state index contributed by atoms with van der Waals surface area (Å²) in [5.41, 5.74) is -1.05. The van der Waals surface area contributed by atoms with Crippen molar-refractivity contribution in [1.29, 1.82) is 0 Å². The van der Waals surface area contributed by atoms with Crippen LogP contribution in [-0.2, 0) is 33.4 Å². The lowest BCUT2D eigenvalue weighted by Gasteiger charge is -2.35. The number of Topliss-reactive ketones (excluding diaryl/α,β-unsaturated/α-hetero) is 1. The van der Waals surface area contributed by atoms with Crippen LogP contribution in [0.25, 0.3) is 0 Å². The molecule has 0 aliphatic carbocycles. The van der Waals surface area contributed by atoms with Crippen molar-refractivity contribution < 1.29 is 33.4 Å². The smallest absolute Gasteiger partial charge is 0.223 e. The zero-order valence-corrected chi connectivity index (χ0v) is 30.6. The number of amides is 3. The maximum atomic E-state index is 12.9. The number of unbranched alkanes of at least 4 members (excludes halogenated alkanes) is 1. The third kappa shape index (κ3) is 26.1. The van der Waals surface area contributed by atoms with Crippen LogP contribution in [-0.4, -0.2) is 81.8 Å². The van der Waals surface area contributed by atoms with Gasteiger partial charge in [-0.2, -0.15) is 0 Å². The molecule has 0 saturated heterocycles. The van der Waals surface area contributed by atoms with Gasteiger partial charge in [0.2, 0.25) is 17.7 Å². The molecule has 3 N–H and O–H groups in total. The van der Waals surface area contributed by atoms with E-state index in [1.54, 1.807) is 13.8 Å². The van der Waals surface area contributed by atoms with Crippen LogP contribution in [0.4, 0.5) is 0 Å². The summed E-state index contributed by atoms with van der Waals surface area (Å²) < 4.78 is 17.8. The summed E-state index contributed by atoms with van der Waals surface area (Å²) in [5.74, 6) is 1.32. The molecule has 0 atom stereocenters. The predicted octanol–water partition coefficient (Wildman–Crippen LogP) is 5.61. The lowest BCUT2D eigenvalue weighted by atomic mass is 10.0. The first-order valence-electron chi connectivity index (χ1n) is 17.9. The first-order valence-corrected chi connectivity index (χ1v) is 17.9. The summed E-state index contributed by atoms with van der Waals surface area (Å²) in [5, 5.41) is 8.91. The molecule has 0 aliphatic heterocycles. The molecule has 0 spiro atoms. The minimum Gasteiger partial charge on any atom is -0.378 e. The molecular weight excluding hydrogens is 586 g/mol. The van der Waals surface area contributed by atoms with Gasteiger partial charge < -0.3 is 30.2 Å². The number of carbonyl (C=O) groups is 4. The molecule has 0 aromatic carbocycles. The van der Waals surface area contributed by atoms with E-state index < -0.39 is 5.54 Å². The van der Waals surface area contributed by atoms with Crippen molar-refractivity contribution in [2.75, 3.05) is 52.7 Å². The maximum Gasteiger partial charge on any atom is 0.223 e. The Labute approximate surface area is 280 Å². The van der Waals surface area contributed by atoms with Gasteiger partial charge >= 0.3 is 0 Å². The highest BCUT2D eigenvalue weighted by Crippen LogP contribution is 2.13. The molecule has 0 aromatic heterocycles. The molecule has 0 saturated carbocycles. The number of ether oxygens (including phenoxy) is 3. The van der Waals surface area contributed by atoms with E-state index in [9.17, 15) is 19.2 Å². The standard InChI is InChI=1S/C36H69N3O7/c1-28(2)13-9-10-16-32(40)17-22-44-25-36(39-35(43)31(7)8,26-45-23-18-33(41)37-20-11-14-29(3)4)27-46-24-19-34(42)38-21-12-15-30(5)6/h28-31H,9-27H2,1-8H3,(H,37,41)(H,38,42)(H,39,43). The van der Waals surface area contributed by atoms with Gasteiger partial charge in [0.25, 0.3) is 0 Å². The molecule has 0 bridgehead atoms. The lowest BCUT2D eigenvalue weighted by molar-refractivity contribution is -0.132. The maximum absolute atomic E-state index is 12.9. The number of hydrogen-bond donors (Lipinski definition) is 3. The summed E-state index contributed by atoms with van der Waals surface area (Å²) in [6, 6.07) is 0. The molecule has 0 radical (unpaired) electrons. The van der Waals surface area contributed by atoms with Crippen molar-refractivity contribution >= 4 is 23.5 Å². The normalized spacial score (nSPS) is 11.9. The van der Waals surface area contributed by atoms with E-state index in [-0.39, 0.29) is 81.9 Å². The van der Waals surface area contributed by atoms with Gasteiger partial charge in [0.1, 0.15) is 11.3 Å². The molecule has 46 heavy (non-hydrogen) atoms. The van der Waals surface area contributed by atoms with Gasteiger partial charge in [-0.15, -0.1) is 0 Å². The Morgan fingerprint density at radius 3 is 1.37 bits per heavy atom.